The zero-order valence-electron chi connectivity index (χ0n) is 10.6. The molecule has 0 aromatic carbocycles. The summed E-state index contributed by atoms with van der Waals surface area (Å²) in [5, 5.41) is 0. The van der Waals surface area contributed by atoms with Gasteiger partial charge in [-0.05, 0) is 25.7 Å². The van der Waals surface area contributed by atoms with Gasteiger partial charge in [-0.2, -0.15) is 0 Å². The smallest absolute Gasteiger partial charge is 0.309 e. The number of unbranched alkanes of at least 4 members (excludes halogenated alkanes) is 1. The Morgan fingerprint density at radius 3 is 2.78 bits per heavy atom. The normalized spacial score (nSPS) is 21.8. The number of esters is 1. The van der Waals surface area contributed by atoms with Crippen molar-refractivity contribution in [2.24, 2.45) is 5.92 Å². The molecule has 18 heavy (non-hydrogen) atoms. The summed E-state index contributed by atoms with van der Waals surface area (Å²) in [7, 11) is -1.93. The van der Waals surface area contributed by atoms with Crippen LogP contribution in [0.2, 0.25) is 0 Å². The number of carbonyl (C=O) groups excluding carboxylic acids is 1. The van der Waals surface area contributed by atoms with E-state index >= 15 is 0 Å². The monoisotopic (exact) mass is 297 g/mol. The number of ether oxygens (including phenoxy) is 1. The van der Waals surface area contributed by atoms with Crippen LogP contribution in [-0.2, 0) is 19.6 Å². The minimum absolute atomic E-state index is 0.105. The van der Waals surface area contributed by atoms with Gasteiger partial charge in [0.15, 0.2) is 0 Å². The van der Waals surface area contributed by atoms with Crippen molar-refractivity contribution in [1.82, 2.24) is 4.31 Å². The van der Waals surface area contributed by atoms with Crippen molar-refractivity contribution in [2.45, 2.75) is 25.7 Å². The van der Waals surface area contributed by atoms with Crippen LogP contribution in [0.4, 0.5) is 0 Å². The SMILES string of the molecule is COC(=O)C1CCCN(S(=O)(=O)CCCCCl)C1. The molecule has 0 amide bonds. The van der Waals surface area contributed by atoms with Crippen LogP contribution in [-0.4, -0.2) is 50.5 Å². The molecule has 106 valence electrons. The molecule has 5 nitrogen and oxygen atoms in total. The quantitative estimate of drug-likeness (QED) is 0.420. The molecule has 1 saturated heterocycles. The number of piperidine rings is 1. The van der Waals surface area contributed by atoms with Gasteiger partial charge < -0.3 is 4.74 Å². The Bertz CT molecular complexity index is 371. The molecule has 0 N–H and O–H groups in total. The fraction of sp³-hybridized carbons (Fsp3) is 0.909. The van der Waals surface area contributed by atoms with E-state index in [9.17, 15) is 13.2 Å². The molecule has 1 fully saturated rings. The van der Waals surface area contributed by atoms with E-state index in [4.69, 9.17) is 11.6 Å². The molecule has 7 heteroatoms. The number of carbonyl (C=O) groups is 1. The number of rotatable bonds is 6. The highest BCUT2D eigenvalue weighted by Gasteiger charge is 2.32. The van der Waals surface area contributed by atoms with Gasteiger partial charge in [-0.25, -0.2) is 12.7 Å². The molecule has 0 saturated carbocycles. The van der Waals surface area contributed by atoms with Crippen molar-refractivity contribution < 1.29 is 17.9 Å². The van der Waals surface area contributed by atoms with E-state index in [0.717, 1.165) is 0 Å². The van der Waals surface area contributed by atoms with Gasteiger partial charge in [-0.1, -0.05) is 0 Å². The minimum Gasteiger partial charge on any atom is -0.469 e. The van der Waals surface area contributed by atoms with E-state index in [1.165, 1.54) is 11.4 Å². The lowest BCUT2D eigenvalue weighted by Gasteiger charge is -2.30. The second kappa shape index (κ2) is 7.31. The zero-order valence-corrected chi connectivity index (χ0v) is 12.2. The van der Waals surface area contributed by atoms with Gasteiger partial charge in [0, 0.05) is 19.0 Å². The van der Waals surface area contributed by atoms with Crippen molar-refractivity contribution in [3.8, 4) is 0 Å². The Morgan fingerprint density at radius 2 is 2.17 bits per heavy atom. The molecule has 0 radical (unpaired) electrons. The first-order valence-corrected chi connectivity index (χ1v) is 8.27. The summed E-state index contributed by atoms with van der Waals surface area (Å²) >= 11 is 5.53. The van der Waals surface area contributed by atoms with E-state index in [1.54, 1.807) is 0 Å². The third-order valence-corrected chi connectivity index (χ3v) is 5.29. The van der Waals surface area contributed by atoms with Gasteiger partial charge in [-0.3, -0.25) is 4.79 Å². The van der Waals surface area contributed by atoms with Gasteiger partial charge in [-0.15, -0.1) is 11.6 Å². The Labute approximate surface area is 113 Å². The lowest BCUT2D eigenvalue weighted by Crippen LogP contribution is -2.43. The summed E-state index contributed by atoms with van der Waals surface area (Å²) in [4.78, 5) is 11.4. The number of hydrogen-bond acceptors (Lipinski definition) is 4. The Morgan fingerprint density at radius 1 is 1.44 bits per heavy atom. The van der Waals surface area contributed by atoms with Crippen molar-refractivity contribution in [3.63, 3.8) is 0 Å². The molecule has 1 aliphatic heterocycles. The predicted molar refractivity (Wildman–Crippen MR) is 70.1 cm³/mol. The molecule has 1 rings (SSSR count). The molecular formula is C11H20ClNO4S. The van der Waals surface area contributed by atoms with Crippen LogP contribution in [0.25, 0.3) is 0 Å². The second-order valence-corrected chi connectivity index (χ2v) is 6.90. The van der Waals surface area contributed by atoms with Gasteiger partial charge in [0.2, 0.25) is 10.0 Å². The van der Waals surface area contributed by atoms with Crippen LogP contribution < -0.4 is 0 Å². The number of halogens is 1. The van der Waals surface area contributed by atoms with Gasteiger partial charge in [0.25, 0.3) is 0 Å². The number of alkyl halides is 1. The van der Waals surface area contributed by atoms with Gasteiger partial charge in [0.05, 0.1) is 18.8 Å². The van der Waals surface area contributed by atoms with Gasteiger partial charge >= 0.3 is 5.97 Å². The molecule has 1 unspecified atom stereocenters. The molecule has 0 aromatic rings. The fourth-order valence-corrected chi connectivity index (χ4v) is 3.89. The molecular weight excluding hydrogens is 278 g/mol. The van der Waals surface area contributed by atoms with Crippen molar-refractivity contribution in [1.29, 1.82) is 0 Å². The average Bonchev–Trinajstić information content (AvgIpc) is 2.38. The number of sulfonamides is 1. The maximum atomic E-state index is 12.0. The second-order valence-electron chi connectivity index (χ2n) is 4.43. The fourth-order valence-electron chi connectivity index (χ4n) is 2.06. The summed E-state index contributed by atoms with van der Waals surface area (Å²) < 4.78 is 30.2. The number of nitrogens with zero attached hydrogens (tertiary/aromatic N) is 1. The largest absolute Gasteiger partial charge is 0.469 e. The Kier molecular flexibility index (Phi) is 6.38. The van der Waals surface area contributed by atoms with Crippen LogP contribution in [0.1, 0.15) is 25.7 Å². The number of hydrogen-bond donors (Lipinski definition) is 0. The zero-order chi connectivity index (χ0) is 13.6. The van der Waals surface area contributed by atoms with Crippen LogP contribution in [0.3, 0.4) is 0 Å². The first-order valence-electron chi connectivity index (χ1n) is 6.13. The van der Waals surface area contributed by atoms with E-state index in [-0.39, 0.29) is 24.2 Å². The van der Waals surface area contributed by atoms with Crippen molar-refractivity contribution in [2.75, 3.05) is 31.8 Å². The first kappa shape index (κ1) is 15.7. The summed E-state index contributed by atoms with van der Waals surface area (Å²) in [6.07, 6.45) is 2.65. The maximum Gasteiger partial charge on any atom is 0.309 e. The molecule has 0 bridgehead atoms. The molecule has 0 spiro atoms. The molecule has 0 aromatic heterocycles. The maximum absolute atomic E-state index is 12.0. The highest BCUT2D eigenvalue weighted by molar-refractivity contribution is 7.89. The van der Waals surface area contributed by atoms with Crippen LogP contribution in [0.15, 0.2) is 0 Å². The van der Waals surface area contributed by atoms with Crippen molar-refractivity contribution in [3.05, 3.63) is 0 Å². The van der Waals surface area contributed by atoms with E-state index in [2.05, 4.69) is 4.74 Å². The summed E-state index contributed by atoms with van der Waals surface area (Å²) in [6.45, 7) is 0.743. The molecule has 1 aliphatic rings. The van der Waals surface area contributed by atoms with E-state index in [1.807, 2.05) is 0 Å². The van der Waals surface area contributed by atoms with Crippen LogP contribution >= 0.6 is 11.6 Å². The molecule has 1 atom stereocenters. The summed E-state index contributed by atoms with van der Waals surface area (Å²) in [6, 6.07) is 0. The van der Waals surface area contributed by atoms with Crippen LogP contribution in [0, 0.1) is 5.92 Å². The standard InChI is InChI=1S/C11H20ClNO4S/c1-17-11(14)10-5-4-7-13(9-10)18(15,16)8-3-2-6-12/h10H,2-9H2,1H3. The van der Waals surface area contributed by atoms with Crippen molar-refractivity contribution >= 4 is 27.6 Å². The third kappa shape index (κ3) is 4.40. The minimum atomic E-state index is -3.26. The highest BCUT2D eigenvalue weighted by atomic mass is 35.5. The predicted octanol–water partition coefficient (Wildman–Crippen LogP) is 1.22. The lowest BCUT2D eigenvalue weighted by molar-refractivity contribution is -0.146. The third-order valence-electron chi connectivity index (χ3n) is 3.10. The number of methoxy groups -OCH3 is 1. The van der Waals surface area contributed by atoms with Crippen LogP contribution in [0.5, 0.6) is 0 Å². The summed E-state index contributed by atoms with van der Waals surface area (Å²) in [5.74, 6) is -0.0734. The highest BCUT2D eigenvalue weighted by Crippen LogP contribution is 2.21. The lowest BCUT2D eigenvalue weighted by atomic mass is 10.0. The first-order chi connectivity index (χ1) is 8.51. The summed E-state index contributed by atoms with van der Waals surface area (Å²) in [5.41, 5.74) is 0. The van der Waals surface area contributed by atoms with Gasteiger partial charge in [0.1, 0.15) is 0 Å². The van der Waals surface area contributed by atoms with E-state index in [0.29, 0.717) is 38.1 Å². The molecule has 1 heterocycles. The average molecular weight is 298 g/mol. The van der Waals surface area contributed by atoms with E-state index < -0.39 is 10.0 Å². The molecule has 0 aliphatic carbocycles. The Hall–Kier alpha value is -0.330. The topological polar surface area (TPSA) is 63.7 Å². The Balaban J connectivity index is 2.57.